The minimum absolute atomic E-state index is 0.142. The second-order valence-electron chi connectivity index (χ2n) is 5.88. The predicted molar refractivity (Wildman–Crippen MR) is 84.0 cm³/mol. The number of likely N-dealkylation sites (tertiary alicyclic amines) is 1. The van der Waals surface area contributed by atoms with Crippen LogP contribution in [0.4, 0.5) is 0 Å². The smallest absolute Gasteiger partial charge is 0.118 e. The first-order chi connectivity index (χ1) is 9.72. The molecule has 2 N–H and O–H groups in total. The minimum atomic E-state index is 0.142. The van der Waals surface area contributed by atoms with E-state index in [4.69, 9.17) is 10.5 Å². The first kappa shape index (κ1) is 15.3. The van der Waals surface area contributed by atoms with Crippen LogP contribution >= 0.6 is 0 Å². The van der Waals surface area contributed by atoms with Gasteiger partial charge in [-0.2, -0.15) is 0 Å². The van der Waals surface area contributed by atoms with Crippen LogP contribution in [0.2, 0.25) is 0 Å². The number of nitrogens with zero attached hydrogens (tertiary/aromatic N) is 1. The average molecular weight is 276 g/mol. The summed E-state index contributed by atoms with van der Waals surface area (Å²) in [6, 6.07) is 8.85. The lowest BCUT2D eigenvalue weighted by molar-refractivity contribution is 0.161. The molecule has 1 fully saturated rings. The fraction of sp³-hybridized carbons (Fsp3) is 0.647. The molecule has 0 bridgehead atoms. The van der Waals surface area contributed by atoms with Crippen LogP contribution in [0.15, 0.2) is 24.3 Å². The third-order valence-electron chi connectivity index (χ3n) is 4.24. The van der Waals surface area contributed by atoms with Crippen LogP contribution in [0.5, 0.6) is 5.75 Å². The van der Waals surface area contributed by atoms with Gasteiger partial charge in [-0.3, -0.25) is 4.90 Å². The van der Waals surface area contributed by atoms with Crippen molar-refractivity contribution < 1.29 is 4.74 Å². The number of hydrogen-bond donors (Lipinski definition) is 1. The third-order valence-corrected chi connectivity index (χ3v) is 4.24. The van der Waals surface area contributed by atoms with Crippen molar-refractivity contribution in [2.24, 2.45) is 5.73 Å². The molecule has 0 saturated carbocycles. The molecule has 1 saturated heterocycles. The van der Waals surface area contributed by atoms with E-state index in [1.54, 1.807) is 7.11 Å². The Morgan fingerprint density at radius 3 is 2.05 bits per heavy atom. The number of ether oxygens (including phenoxy) is 1. The van der Waals surface area contributed by atoms with Crippen LogP contribution in [0.25, 0.3) is 0 Å². The Labute approximate surface area is 123 Å². The van der Waals surface area contributed by atoms with Gasteiger partial charge in [-0.15, -0.1) is 0 Å². The molecule has 2 rings (SSSR count). The fourth-order valence-electron chi connectivity index (χ4n) is 3.20. The number of rotatable bonds is 4. The van der Waals surface area contributed by atoms with E-state index in [-0.39, 0.29) is 6.04 Å². The molecule has 0 amide bonds. The summed E-state index contributed by atoms with van der Waals surface area (Å²) in [5.74, 6) is 0.907. The summed E-state index contributed by atoms with van der Waals surface area (Å²) in [4.78, 5) is 2.58. The van der Waals surface area contributed by atoms with E-state index in [2.05, 4.69) is 24.0 Å². The SMILES string of the molecule is COc1ccc(C(C(C)N)N2CCCCCCC2)cc1. The zero-order chi connectivity index (χ0) is 14.4. The summed E-state index contributed by atoms with van der Waals surface area (Å²) in [6.45, 7) is 4.45. The maximum Gasteiger partial charge on any atom is 0.118 e. The van der Waals surface area contributed by atoms with E-state index < -0.39 is 0 Å². The molecule has 1 aromatic carbocycles. The molecule has 0 aromatic heterocycles. The summed E-state index contributed by atoms with van der Waals surface area (Å²) in [5.41, 5.74) is 7.59. The van der Waals surface area contributed by atoms with Crippen LogP contribution in [-0.4, -0.2) is 31.1 Å². The molecular formula is C17H28N2O. The van der Waals surface area contributed by atoms with Gasteiger partial charge in [0.15, 0.2) is 0 Å². The van der Waals surface area contributed by atoms with Gasteiger partial charge in [0.1, 0.15) is 5.75 Å². The van der Waals surface area contributed by atoms with E-state index in [1.165, 1.54) is 37.7 Å². The van der Waals surface area contributed by atoms with Crippen LogP contribution in [0.3, 0.4) is 0 Å². The lowest BCUT2D eigenvalue weighted by Crippen LogP contribution is -2.41. The quantitative estimate of drug-likeness (QED) is 0.916. The lowest BCUT2D eigenvalue weighted by Gasteiger charge is -2.35. The summed E-state index contributed by atoms with van der Waals surface area (Å²) in [5, 5.41) is 0. The molecule has 1 aromatic rings. The van der Waals surface area contributed by atoms with Gasteiger partial charge < -0.3 is 10.5 Å². The normalized spacial score (nSPS) is 20.8. The maximum absolute atomic E-state index is 6.29. The van der Waals surface area contributed by atoms with Crippen molar-refractivity contribution in [2.45, 2.75) is 51.1 Å². The Kier molecular flexibility index (Phi) is 5.86. The van der Waals surface area contributed by atoms with E-state index in [0.717, 1.165) is 18.8 Å². The lowest BCUT2D eigenvalue weighted by atomic mass is 9.97. The summed E-state index contributed by atoms with van der Waals surface area (Å²) < 4.78 is 5.25. The Balaban J connectivity index is 2.15. The molecule has 0 aliphatic carbocycles. The molecule has 1 aliphatic heterocycles. The third kappa shape index (κ3) is 3.97. The highest BCUT2D eigenvalue weighted by molar-refractivity contribution is 5.30. The highest BCUT2D eigenvalue weighted by Crippen LogP contribution is 2.27. The molecule has 3 nitrogen and oxygen atoms in total. The van der Waals surface area contributed by atoms with Crippen LogP contribution in [-0.2, 0) is 0 Å². The molecule has 1 aliphatic rings. The highest BCUT2D eigenvalue weighted by atomic mass is 16.5. The monoisotopic (exact) mass is 276 g/mol. The Morgan fingerprint density at radius 1 is 1.00 bits per heavy atom. The minimum Gasteiger partial charge on any atom is -0.497 e. The Morgan fingerprint density at radius 2 is 1.55 bits per heavy atom. The first-order valence-electron chi connectivity index (χ1n) is 7.86. The summed E-state index contributed by atoms with van der Waals surface area (Å²) in [7, 11) is 1.70. The zero-order valence-electron chi connectivity index (χ0n) is 12.8. The van der Waals surface area contributed by atoms with Gasteiger partial charge in [-0.25, -0.2) is 0 Å². The molecule has 0 radical (unpaired) electrons. The Hall–Kier alpha value is -1.06. The molecular weight excluding hydrogens is 248 g/mol. The summed E-state index contributed by atoms with van der Waals surface area (Å²) >= 11 is 0. The maximum atomic E-state index is 6.29. The van der Waals surface area contributed by atoms with Crippen molar-refractivity contribution in [1.29, 1.82) is 0 Å². The number of methoxy groups -OCH3 is 1. The Bertz CT molecular complexity index is 380. The molecule has 2 unspecified atom stereocenters. The number of benzene rings is 1. The van der Waals surface area contributed by atoms with Crippen LogP contribution in [0.1, 0.15) is 50.6 Å². The van der Waals surface area contributed by atoms with Gasteiger partial charge >= 0.3 is 0 Å². The van der Waals surface area contributed by atoms with Crippen molar-refractivity contribution >= 4 is 0 Å². The van der Waals surface area contributed by atoms with Gasteiger partial charge in [0.25, 0.3) is 0 Å². The van der Waals surface area contributed by atoms with E-state index in [9.17, 15) is 0 Å². The molecule has 0 spiro atoms. The van der Waals surface area contributed by atoms with Crippen LogP contribution < -0.4 is 10.5 Å². The number of hydrogen-bond acceptors (Lipinski definition) is 3. The predicted octanol–water partition coefficient (Wildman–Crippen LogP) is 3.35. The molecule has 112 valence electrons. The van der Waals surface area contributed by atoms with Crippen LogP contribution in [0, 0.1) is 0 Å². The van der Waals surface area contributed by atoms with Gasteiger partial charge in [0.2, 0.25) is 0 Å². The van der Waals surface area contributed by atoms with Gasteiger partial charge in [0.05, 0.1) is 7.11 Å². The fourth-order valence-corrected chi connectivity index (χ4v) is 3.20. The van der Waals surface area contributed by atoms with Gasteiger partial charge in [0, 0.05) is 12.1 Å². The van der Waals surface area contributed by atoms with Crippen molar-refractivity contribution in [3.05, 3.63) is 29.8 Å². The number of nitrogens with two attached hydrogens (primary N) is 1. The van der Waals surface area contributed by atoms with E-state index in [0.29, 0.717) is 6.04 Å². The first-order valence-corrected chi connectivity index (χ1v) is 7.86. The highest BCUT2D eigenvalue weighted by Gasteiger charge is 2.24. The van der Waals surface area contributed by atoms with E-state index >= 15 is 0 Å². The van der Waals surface area contributed by atoms with Crippen molar-refractivity contribution in [2.75, 3.05) is 20.2 Å². The molecule has 2 atom stereocenters. The van der Waals surface area contributed by atoms with E-state index in [1.807, 2.05) is 12.1 Å². The molecule has 20 heavy (non-hydrogen) atoms. The molecule has 1 heterocycles. The standard InChI is InChI=1S/C17H28N2O/c1-14(18)17(15-8-10-16(20-2)11-9-15)19-12-6-4-3-5-7-13-19/h8-11,14,17H,3-7,12-13,18H2,1-2H3. The largest absolute Gasteiger partial charge is 0.497 e. The second kappa shape index (κ2) is 7.65. The zero-order valence-corrected chi connectivity index (χ0v) is 12.8. The average Bonchev–Trinajstić information content (AvgIpc) is 2.41. The molecule has 3 heteroatoms. The van der Waals surface area contributed by atoms with Crippen molar-refractivity contribution in [1.82, 2.24) is 4.90 Å². The second-order valence-corrected chi connectivity index (χ2v) is 5.88. The van der Waals surface area contributed by atoms with Gasteiger partial charge in [-0.05, 0) is 50.6 Å². The van der Waals surface area contributed by atoms with Crippen molar-refractivity contribution in [3.8, 4) is 5.75 Å². The van der Waals surface area contributed by atoms with Gasteiger partial charge in [-0.1, -0.05) is 31.4 Å². The summed E-state index contributed by atoms with van der Waals surface area (Å²) in [6.07, 6.45) is 6.67. The van der Waals surface area contributed by atoms with Crippen molar-refractivity contribution in [3.63, 3.8) is 0 Å². The topological polar surface area (TPSA) is 38.5 Å².